The summed E-state index contributed by atoms with van der Waals surface area (Å²) in [6.45, 7) is 4.77. The number of hydrogen-bond donors (Lipinski definition) is 0. The zero-order chi connectivity index (χ0) is 28.7. The van der Waals surface area contributed by atoms with Crippen LogP contribution in [0.25, 0.3) is 52.8 Å². The number of benzene rings is 7. The van der Waals surface area contributed by atoms with Gasteiger partial charge in [0.05, 0.1) is 11.4 Å². The summed E-state index contributed by atoms with van der Waals surface area (Å²) in [5.41, 5.74) is 8.94. The largest absolute Gasteiger partial charge is 0.309 e. The smallest absolute Gasteiger partial charge is 0.0622 e. The molecule has 0 N–H and O–H groups in total. The van der Waals surface area contributed by atoms with Gasteiger partial charge in [-0.3, -0.25) is 0 Å². The van der Waals surface area contributed by atoms with Crippen LogP contribution < -0.4 is 4.90 Å². The zero-order valence-corrected chi connectivity index (χ0v) is 25.0. The lowest BCUT2D eigenvalue weighted by Gasteiger charge is -2.31. The molecule has 2 heteroatoms. The van der Waals surface area contributed by atoms with E-state index in [2.05, 4.69) is 158 Å². The van der Waals surface area contributed by atoms with Crippen LogP contribution in [0.5, 0.6) is 0 Å². The average molecular weight is 568 g/mol. The zero-order valence-electron chi connectivity index (χ0n) is 24.1. The minimum atomic E-state index is -0.130. The van der Waals surface area contributed by atoms with E-state index in [1.807, 2.05) is 11.3 Å². The van der Waals surface area contributed by atoms with Crippen LogP contribution in [0.1, 0.15) is 25.0 Å². The fourth-order valence-electron chi connectivity index (χ4n) is 7.43. The Morgan fingerprint density at radius 3 is 2.14 bits per heavy atom. The number of nitrogens with zero attached hydrogens (tertiary/aromatic N) is 1. The van der Waals surface area contributed by atoms with Crippen LogP contribution >= 0.6 is 11.3 Å². The highest BCUT2D eigenvalue weighted by molar-refractivity contribution is 7.26. The van der Waals surface area contributed by atoms with Gasteiger partial charge < -0.3 is 4.90 Å². The fourth-order valence-corrected chi connectivity index (χ4v) is 8.56. The van der Waals surface area contributed by atoms with Crippen molar-refractivity contribution in [2.75, 3.05) is 4.90 Å². The normalized spacial score (nSPS) is 13.5. The van der Waals surface area contributed by atoms with Crippen molar-refractivity contribution >= 4 is 70.1 Å². The number of para-hydroxylation sites is 1. The second kappa shape index (κ2) is 9.04. The SMILES string of the molecule is CC1(C)c2ccccc2-c2c1cc1c(ccc3ccccc31)c2N(c1ccccc1)c1cccc2sc3ccccc3c12. The molecular formula is C41H29NS. The number of thiophene rings is 1. The summed E-state index contributed by atoms with van der Waals surface area (Å²) in [4.78, 5) is 2.55. The van der Waals surface area contributed by atoms with E-state index in [0.29, 0.717) is 0 Å². The molecule has 8 aromatic rings. The highest BCUT2D eigenvalue weighted by Crippen LogP contribution is 2.58. The van der Waals surface area contributed by atoms with Crippen LogP contribution in [0.4, 0.5) is 17.1 Å². The minimum Gasteiger partial charge on any atom is -0.309 e. The van der Waals surface area contributed by atoms with Gasteiger partial charge in [0.15, 0.2) is 0 Å². The molecule has 0 atom stereocenters. The summed E-state index contributed by atoms with van der Waals surface area (Å²) in [5.74, 6) is 0. The third-order valence-corrected chi connectivity index (χ3v) is 10.6. The highest BCUT2D eigenvalue weighted by Gasteiger charge is 2.39. The molecule has 1 aromatic heterocycles. The summed E-state index contributed by atoms with van der Waals surface area (Å²) in [5, 5.41) is 7.75. The summed E-state index contributed by atoms with van der Waals surface area (Å²) < 4.78 is 2.63. The Morgan fingerprint density at radius 2 is 1.26 bits per heavy atom. The van der Waals surface area contributed by atoms with Crippen LogP contribution in [0.2, 0.25) is 0 Å². The molecule has 0 fully saturated rings. The van der Waals surface area contributed by atoms with E-state index in [9.17, 15) is 0 Å². The monoisotopic (exact) mass is 567 g/mol. The Morgan fingerprint density at radius 1 is 0.535 bits per heavy atom. The van der Waals surface area contributed by atoms with Crippen LogP contribution in [0, 0.1) is 0 Å². The van der Waals surface area contributed by atoms with Crippen LogP contribution in [0.3, 0.4) is 0 Å². The number of hydrogen-bond acceptors (Lipinski definition) is 2. The molecule has 1 nitrogen and oxygen atoms in total. The van der Waals surface area contributed by atoms with Crippen molar-refractivity contribution < 1.29 is 0 Å². The Balaban J connectivity index is 1.51. The van der Waals surface area contributed by atoms with E-state index in [0.717, 1.165) is 5.69 Å². The molecule has 1 aliphatic rings. The fraction of sp³-hybridized carbons (Fsp3) is 0.0732. The van der Waals surface area contributed by atoms with Crippen LogP contribution in [-0.2, 0) is 5.41 Å². The molecule has 0 saturated heterocycles. The van der Waals surface area contributed by atoms with Gasteiger partial charge in [-0.05, 0) is 69.2 Å². The Bertz CT molecular complexity index is 2380. The molecule has 0 amide bonds. The maximum absolute atomic E-state index is 2.55. The van der Waals surface area contributed by atoms with Gasteiger partial charge in [0.1, 0.15) is 0 Å². The number of rotatable bonds is 3. The molecule has 0 radical (unpaired) electrons. The van der Waals surface area contributed by atoms with Crippen molar-refractivity contribution in [1.82, 2.24) is 0 Å². The average Bonchev–Trinajstić information content (AvgIpc) is 3.54. The second-order valence-electron chi connectivity index (χ2n) is 12.1. The van der Waals surface area contributed by atoms with Gasteiger partial charge in [0.2, 0.25) is 0 Å². The van der Waals surface area contributed by atoms with Gasteiger partial charge >= 0.3 is 0 Å². The molecule has 0 unspecified atom stereocenters. The first-order valence-electron chi connectivity index (χ1n) is 15.0. The van der Waals surface area contributed by atoms with E-state index < -0.39 is 0 Å². The molecule has 1 aliphatic carbocycles. The maximum Gasteiger partial charge on any atom is 0.0622 e. The van der Waals surface area contributed by atoms with Crippen LogP contribution in [-0.4, -0.2) is 0 Å². The molecular weight excluding hydrogens is 539 g/mol. The first-order valence-corrected chi connectivity index (χ1v) is 15.8. The second-order valence-corrected chi connectivity index (χ2v) is 13.2. The van der Waals surface area contributed by atoms with Crippen molar-refractivity contribution in [2.45, 2.75) is 19.3 Å². The Kier molecular flexibility index (Phi) is 5.18. The number of fused-ring (bicyclic) bond motifs is 9. The Hall–Kier alpha value is -4.92. The quantitative estimate of drug-likeness (QED) is 0.192. The van der Waals surface area contributed by atoms with Gasteiger partial charge in [0, 0.05) is 42.2 Å². The lowest BCUT2D eigenvalue weighted by Crippen LogP contribution is -2.16. The molecule has 0 bridgehead atoms. The molecule has 1 heterocycles. The molecule has 0 saturated carbocycles. The number of anilines is 3. The summed E-state index contributed by atoms with van der Waals surface area (Å²) in [6.07, 6.45) is 0. The standard InChI is InChI=1S/C41H29NS/c1-41(2)33-19-10-8-17-30(33)38-34(41)25-32-28-16-7-6-13-26(28)23-24-29(32)40(38)42(27-14-4-3-5-15-27)35-20-12-22-37-39(35)31-18-9-11-21-36(31)43-37/h3-25H,1-2H3. The molecule has 9 rings (SSSR count). The van der Waals surface area contributed by atoms with Crippen molar-refractivity contribution in [3.8, 4) is 11.1 Å². The molecule has 204 valence electrons. The summed E-state index contributed by atoms with van der Waals surface area (Å²) in [7, 11) is 0. The van der Waals surface area contributed by atoms with Crippen molar-refractivity contribution in [3.05, 3.63) is 151 Å². The lowest BCUT2D eigenvalue weighted by molar-refractivity contribution is 0.661. The first kappa shape index (κ1) is 24.7. The topological polar surface area (TPSA) is 3.24 Å². The van der Waals surface area contributed by atoms with E-state index in [4.69, 9.17) is 0 Å². The first-order chi connectivity index (χ1) is 21.1. The molecule has 7 aromatic carbocycles. The van der Waals surface area contributed by atoms with Gasteiger partial charge in [-0.2, -0.15) is 0 Å². The highest BCUT2D eigenvalue weighted by atomic mass is 32.1. The van der Waals surface area contributed by atoms with Crippen molar-refractivity contribution in [1.29, 1.82) is 0 Å². The van der Waals surface area contributed by atoms with Crippen LogP contribution in [0.15, 0.2) is 140 Å². The van der Waals surface area contributed by atoms with Crippen molar-refractivity contribution in [2.24, 2.45) is 0 Å². The van der Waals surface area contributed by atoms with E-state index in [1.165, 1.54) is 75.3 Å². The van der Waals surface area contributed by atoms with Crippen molar-refractivity contribution in [3.63, 3.8) is 0 Å². The third-order valence-electron chi connectivity index (χ3n) is 9.42. The van der Waals surface area contributed by atoms with Gasteiger partial charge in [0.25, 0.3) is 0 Å². The summed E-state index contributed by atoms with van der Waals surface area (Å²) in [6, 6.07) is 51.6. The maximum atomic E-state index is 2.55. The Labute approximate surface area is 255 Å². The molecule has 0 spiro atoms. The van der Waals surface area contributed by atoms with Gasteiger partial charge in [-0.25, -0.2) is 0 Å². The van der Waals surface area contributed by atoms with Gasteiger partial charge in [-0.15, -0.1) is 11.3 Å². The van der Waals surface area contributed by atoms with E-state index >= 15 is 0 Å². The van der Waals surface area contributed by atoms with E-state index in [1.54, 1.807) is 0 Å². The molecule has 43 heavy (non-hydrogen) atoms. The van der Waals surface area contributed by atoms with Gasteiger partial charge in [-0.1, -0.05) is 117 Å². The third kappa shape index (κ3) is 3.45. The lowest BCUT2D eigenvalue weighted by atomic mass is 9.81. The van der Waals surface area contributed by atoms with E-state index in [-0.39, 0.29) is 5.41 Å². The predicted octanol–water partition coefficient (Wildman–Crippen LogP) is 12.1. The minimum absolute atomic E-state index is 0.130. The molecule has 0 aliphatic heterocycles. The summed E-state index contributed by atoms with van der Waals surface area (Å²) >= 11 is 1.88. The predicted molar refractivity (Wildman–Crippen MR) is 187 cm³/mol.